The molecule has 17 heavy (non-hydrogen) atoms. The lowest BCUT2D eigenvalue weighted by molar-refractivity contribution is 0.425. The summed E-state index contributed by atoms with van der Waals surface area (Å²) in [6.45, 7) is 14.9. The molecule has 0 heterocycles. The third-order valence-electron chi connectivity index (χ3n) is 2.62. The molecule has 1 aromatic rings. The Balaban J connectivity index is 3.78. The largest absolute Gasteiger partial charge is 0.489 e. The van der Waals surface area contributed by atoms with Gasteiger partial charge < -0.3 is 10.0 Å². The third kappa shape index (κ3) is 2.30. The molecular formula is C14H15BO2. The van der Waals surface area contributed by atoms with Crippen molar-refractivity contribution in [1.29, 1.82) is 0 Å². The Labute approximate surface area is 102 Å². The smallest absolute Gasteiger partial charge is 0.423 e. The molecule has 0 atom stereocenters. The fourth-order valence-electron chi connectivity index (χ4n) is 1.84. The summed E-state index contributed by atoms with van der Waals surface area (Å²) in [6, 6.07) is 1.67. The molecule has 0 amide bonds. The minimum absolute atomic E-state index is 0.385. The number of rotatable bonds is 5. The lowest BCUT2D eigenvalue weighted by atomic mass is 9.73. The van der Waals surface area contributed by atoms with Crippen molar-refractivity contribution in [2.75, 3.05) is 0 Å². The van der Waals surface area contributed by atoms with Crippen LogP contribution < -0.4 is 5.46 Å². The van der Waals surface area contributed by atoms with Gasteiger partial charge in [-0.15, -0.1) is 0 Å². The van der Waals surface area contributed by atoms with Crippen molar-refractivity contribution in [2.24, 2.45) is 0 Å². The van der Waals surface area contributed by atoms with E-state index in [1.54, 1.807) is 30.4 Å². The van der Waals surface area contributed by atoms with E-state index in [2.05, 4.69) is 26.3 Å². The second-order valence-electron chi connectivity index (χ2n) is 3.49. The first-order valence-electron chi connectivity index (χ1n) is 5.17. The summed E-state index contributed by atoms with van der Waals surface area (Å²) >= 11 is 0. The van der Waals surface area contributed by atoms with Crippen molar-refractivity contribution in [3.63, 3.8) is 0 Å². The average molecular weight is 226 g/mol. The first-order valence-corrected chi connectivity index (χ1v) is 5.17. The molecule has 2 N–H and O–H groups in total. The molecule has 0 aliphatic carbocycles. The summed E-state index contributed by atoms with van der Waals surface area (Å²) < 4.78 is 0. The molecule has 0 unspecified atom stereocenters. The molecule has 0 aliphatic rings. The zero-order chi connectivity index (χ0) is 13.0. The fraction of sp³-hybridized carbons (Fsp3) is 0. The molecule has 1 rings (SSSR count). The van der Waals surface area contributed by atoms with Crippen molar-refractivity contribution >= 4 is 36.9 Å². The van der Waals surface area contributed by atoms with E-state index in [4.69, 9.17) is 0 Å². The second-order valence-corrected chi connectivity index (χ2v) is 3.49. The van der Waals surface area contributed by atoms with Gasteiger partial charge in [0.15, 0.2) is 0 Å². The third-order valence-corrected chi connectivity index (χ3v) is 2.62. The summed E-state index contributed by atoms with van der Waals surface area (Å²) in [5.41, 5.74) is 3.44. The summed E-state index contributed by atoms with van der Waals surface area (Å²) in [6.07, 6.45) is 6.55. The van der Waals surface area contributed by atoms with Crippen LogP contribution in [0.3, 0.4) is 0 Å². The van der Waals surface area contributed by atoms with Gasteiger partial charge in [-0.05, 0) is 27.7 Å². The Morgan fingerprint density at radius 3 is 1.71 bits per heavy atom. The van der Waals surface area contributed by atoms with Crippen LogP contribution >= 0.6 is 0 Å². The zero-order valence-electron chi connectivity index (χ0n) is 9.69. The highest BCUT2D eigenvalue weighted by Crippen LogP contribution is 2.22. The molecule has 3 heteroatoms. The number of benzene rings is 1. The van der Waals surface area contributed by atoms with Crippen molar-refractivity contribution < 1.29 is 10.0 Å². The van der Waals surface area contributed by atoms with Crippen LogP contribution in [0.15, 0.2) is 32.4 Å². The summed E-state index contributed by atoms with van der Waals surface area (Å²) in [7, 11) is -1.56. The van der Waals surface area contributed by atoms with Crippen molar-refractivity contribution in [3.05, 3.63) is 54.6 Å². The Morgan fingerprint density at radius 1 is 0.824 bits per heavy atom. The topological polar surface area (TPSA) is 40.5 Å². The van der Waals surface area contributed by atoms with Crippen molar-refractivity contribution in [2.45, 2.75) is 0 Å². The van der Waals surface area contributed by atoms with Crippen LogP contribution in [0.2, 0.25) is 0 Å². The molecule has 2 nitrogen and oxygen atoms in total. The molecule has 0 saturated carbocycles. The van der Waals surface area contributed by atoms with E-state index in [-0.39, 0.29) is 0 Å². The maximum Gasteiger partial charge on any atom is 0.489 e. The molecule has 0 aromatic heterocycles. The molecule has 0 fully saturated rings. The number of hydrogen-bond donors (Lipinski definition) is 2. The Hall–Kier alpha value is -1.84. The first kappa shape index (κ1) is 13.2. The molecular weight excluding hydrogens is 211 g/mol. The van der Waals surface area contributed by atoms with Gasteiger partial charge in [-0.25, -0.2) is 0 Å². The monoisotopic (exact) mass is 226 g/mol. The van der Waals surface area contributed by atoms with Gasteiger partial charge in [0.2, 0.25) is 0 Å². The maximum atomic E-state index is 9.35. The highest BCUT2D eigenvalue weighted by molar-refractivity contribution is 6.59. The summed E-state index contributed by atoms with van der Waals surface area (Å²) in [5, 5.41) is 18.7. The highest BCUT2D eigenvalue weighted by atomic mass is 16.4. The van der Waals surface area contributed by atoms with Gasteiger partial charge >= 0.3 is 7.12 Å². The first-order chi connectivity index (χ1) is 8.10. The molecule has 0 bridgehead atoms. The van der Waals surface area contributed by atoms with Crippen LogP contribution in [-0.4, -0.2) is 17.2 Å². The van der Waals surface area contributed by atoms with E-state index in [0.29, 0.717) is 11.0 Å². The van der Waals surface area contributed by atoms with Gasteiger partial charge in [0, 0.05) is 0 Å². The van der Waals surface area contributed by atoms with Crippen LogP contribution in [0.1, 0.15) is 22.3 Å². The SMILES string of the molecule is C=Cc1cc(B(O)O)c(C=C)c(C=C)c1C=C. The van der Waals surface area contributed by atoms with Gasteiger partial charge in [-0.1, -0.05) is 56.7 Å². The van der Waals surface area contributed by atoms with E-state index in [1.165, 1.54) is 0 Å². The van der Waals surface area contributed by atoms with Crippen LogP contribution in [-0.2, 0) is 0 Å². The van der Waals surface area contributed by atoms with Gasteiger partial charge in [0.25, 0.3) is 0 Å². The normalized spacial score (nSPS) is 9.53. The summed E-state index contributed by atoms with van der Waals surface area (Å²) in [4.78, 5) is 0. The Kier molecular flexibility index (Phi) is 4.27. The van der Waals surface area contributed by atoms with E-state index < -0.39 is 7.12 Å². The van der Waals surface area contributed by atoms with Gasteiger partial charge in [0.1, 0.15) is 0 Å². The molecule has 0 radical (unpaired) electrons. The molecule has 1 aromatic carbocycles. The predicted octanol–water partition coefficient (Wildman–Crippen LogP) is 1.94. The fourth-order valence-corrected chi connectivity index (χ4v) is 1.84. The lowest BCUT2D eigenvalue weighted by Gasteiger charge is -2.15. The van der Waals surface area contributed by atoms with E-state index in [0.717, 1.165) is 16.7 Å². The van der Waals surface area contributed by atoms with Crippen LogP contribution in [0.4, 0.5) is 0 Å². The quantitative estimate of drug-likeness (QED) is 0.753. The second kappa shape index (κ2) is 5.48. The van der Waals surface area contributed by atoms with Crippen molar-refractivity contribution in [1.82, 2.24) is 0 Å². The lowest BCUT2D eigenvalue weighted by Crippen LogP contribution is -2.33. The van der Waals surface area contributed by atoms with E-state index in [9.17, 15) is 10.0 Å². The highest BCUT2D eigenvalue weighted by Gasteiger charge is 2.19. The minimum Gasteiger partial charge on any atom is -0.423 e. The van der Waals surface area contributed by atoms with E-state index >= 15 is 0 Å². The number of hydrogen-bond acceptors (Lipinski definition) is 2. The Bertz CT molecular complexity index is 487. The molecule has 0 spiro atoms. The standard InChI is InChI=1S/C14H15BO2/c1-5-10-9-14(15(16)17)13(8-4)12(7-3)11(10)6-2/h5-9,16-17H,1-4H2. The van der Waals surface area contributed by atoms with Gasteiger partial charge in [-0.2, -0.15) is 0 Å². The summed E-state index contributed by atoms with van der Waals surface area (Å²) in [5.74, 6) is 0. The van der Waals surface area contributed by atoms with E-state index in [1.807, 2.05) is 0 Å². The van der Waals surface area contributed by atoms with Crippen LogP contribution in [0, 0.1) is 0 Å². The predicted molar refractivity (Wildman–Crippen MR) is 76.6 cm³/mol. The Morgan fingerprint density at radius 2 is 1.35 bits per heavy atom. The van der Waals surface area contributed by atoms with Crippen LogP contribution in [0.25, 0.3) is 24.3 Å². The molecule has 0 saturated heterocycles. The molecule has 86 valence electrons. The minimum atomic E-state index is -1.56. The van der Waals surface area contributed by atoms with Crippen molar-refractivity contribution in [3.8, 4) is 0 Å². The van der Waals surface area contributed by atoms with Gasteiger partial charge in [-0.3, -0.25) is 0 Å². The van der Waals surface area contributed by atoms with Gasteiger partial charge in [0.05, 0.1) is 0 Å². The average Bonchev–Trinajstić information content (AvgIpc) is 2.35. The maximum absolute atomic E-state index is 9.35. The zero-order valence-corrected chi connectivity index (χ0v) is 9.69. The molecule has 0 aliphatic heterocycles. The van der Waals surface area contributed by atoms with Crippen LogP contribution in [0.5, 0.6) is 0 Å².